The van der Waals surface area contributed by atoms with Crippen LogP contribution in [0.15, 0.2) is 72.1 Å². The zero-order valence-electron chi connectivity index (χ0n) is 21.7. The van der Waals surface area contributed by atoms with Crippen LogP contribution in [0.1, 0.15) is 5.56 Å². The minimum Gasteiger partial charge on any atom is -0.497 e. The second-order valence-corrected chi connectivity index (χ2v) is 17.9. The molecule has 0 bridgehead atoms. The summed E-state index contributed by atoms with van der Waals surface area (Å²) in [6.07, 6.45) is 3.18. The number of fused-ring (bicyclic) bond motifs is 1. The van der Waals surface area contributed by atoms with Crippen molar-refractivity contribution in [3.05, 3.63) is 72.7 Å². The zero-order chi connectivity index (χ0) is 26.9. The van der Waals surface area contributed by atoms with Gasteiger partial charge < -0.3 is 4.74 Å². The van der Waals surface area contributed by atoms with Crippen molar-refractivity contribution >= 4 is 28.9 Å². The van der Waals surface area contributed by atoms with Gasteiger partial charge >= 0.3 is 0 Å². The van der Waals surface area contributed by atoms with Gasteiger partial charge in [0, 0.05) is 14.3 Å². The van der Waals surface area contributed by atoms with Crippen molar-refractivity contribution in [3.63, 3.8) is 0 Å². The molecule has 0 N–H and O–H groups in total. The molecule has 3 heterocycles. The largest absolute Gasteiger partial charge is 0.497 e. The molecule has 0 aliphatic carbocycles. The fourth-order valence-corrected chi connectivity index (χ4v) is 8.52. The van der Waals surface area contributed by atoms with Gasteiger partial charge in [-0.3, -0.25) is 4.57 Å². The third-order valence-electron chi connectivity index (χ3n) is 6.18. The number of hydrogen-bond acceptors (Lipinski definition) is 8. The number of tetrazole rings is 1. The Bertz CT molecular complexity index is 1690. The number of rotatable bonds is 9. The molecule has 0 amide bonds. The number of sulfone groups is 1. The second kappa shape index (κ2) is 10.1. The van der Waals surface area contributed by atoms with Crippen molar-refractivity contribution in [2.24, 2.45) is 0 Å². The number of pyridine rings is 1. The first kappa shape index (κ1) is 25.7. The van der Waals surface area contributed by atoms with Gasteiger partial charge in [0.25, 0.3) is 0 Å². The average molecular weight is 548 g/mol. The van der Waals surface area contributed by atoms with E-state index < -0.39 is 17.9 Å². The van der Waals surface area contributed by atoms with E-state index in [1.165, 1.54) is 11.0 Å². The quantitative estimate of drug-likeness (QED) is 0.252. The topological polar surface area (TPSA) is 118 Å². The number of aromatic nitrogens is 7. The molecule has 0 saturated carbocycles. The first-order valence-electron chi connectivity index (χ1n) is 12.2. The van der Waals surface area contributed by atoms with Crippen LogP contribution in [0.2, 0.25) is 25.7 Å². The zero-order valence-corrected chi connectivity index (χ0v) is 23.6. The number of imidazole rings is 1. The average Bonchev–Trinajstić information content (AvgIpc) is 3.54. The first-order valence-corrected chi connectivity index (χ1v) is 17.6. The van der Waals surface area contributed by atoms with E-state index in [0.29, 0.717) is 23.8 Å². The second-order valence-electron chi connectivity index (χ2n) is 10.2. The number of hydrogen-bond donors (Lipinski definition) is 0. The molecule has 3 aromatic heterocycles. The highest BCUT2D eigenvalue weighted by Crippen LogP contribution is 2.32. The van der Waals surface area contributed by atoms with Crippen molar-refractivity contribution in [2.45, 2.75) is 37.3 Å². The molecule has 5 rings (SSSR count). The lowest BCUT2D eigenvalue weighted by Crippen LogP contribution is -2.24. The number of benzene rings is 2. The van der Waals surface area contributed by atoms with Gasteiger partial charge in [-0.1, -0.05) is 43.9 Å². The number of para-hydroxylation sites is 2. The van der Waals surface area contributed by atoms with Crippen molar-refractivity contribution in [1.82, 2.24) is 34.7 Å². The Balaban J connectivity index is 1.62. The standard InChI is InChI=1S/C26H29N7O3SSi/c1-36-20-11-9-19(10-12-20)17-33-30-25(29-31-33)24-23(32-18-28-21-7-5-6-8-22(21)32)13-14-27-26(24)37(34,35)15-16-38(2,3)4/h5-14,18H,15-17H2,1-4H3. The molecule has 2 aromatic carbocycles. The summed E-state index contributed by atoms with van der Waals surface area (Å²) in [5, 5.41) is 13.0. The van der Waals surface area contributed by atoms with Crippen molar-refractivity contribution in [3.8, 4) is 22.8 Å². The summed E-state index contributed by atoms with van der Waals surface area (Å²) < 4.78 is 34.4. The molecule has 0 saturated heterocycles. The number of ether oxygens (including phenoxy) is 1. The van der Waals surface area contributed by atoms with Crippen LogP contribution >= 0.6 is 0 Å². The molecule has 0 atom stereocenters. The molecular formula is C26H29N7O3SSi. The molecule has 38 heavy (non-hydrogen) atoms. The van der Waals surface area contributed by atoms with Gasteiger partial charge in [-0.25, -0.2) is 18.4 Å². The van der Waals surface area contributed by atoms with E-state index in [1.807, 2.05) is 53.1 Å². The minimum absolute atomic E-state index is 0.0108. The van der Waals surface area contributed by atoms with Gasteiger partial charge in [-0.2, -0.15) is 4.80 Å². The Morgan fingerprint density at radius 1 is 0.974 bits per heavy atom. The third-order valence-corrected chi connectivity index (χ3v) is 9.93. The summed E-state index contributed by atoms with van der Waals surface area (Å²) in [7, 11) is -3.75. The lowest BCUT2D eigenvalue weighted by Gasteiger charge is -2.17. The van der Waals surface area contributed by atoms with Crippen LogP contribution in [-0.2, 0) is 16.4 Å². The van der Waals surface area contributed by atoms with E-state index in [0.717, 1.165) is 22.3 Å². The van der Waals surface area contributed by atoms with Crippen molar-refractivity contribution in [2.75, 3.05) is 12.9 Å². The van der Waals surface area contributed by atoms with Gasteiger partial charge in [0.05, 0.1) is 41.7 Å². The number of nitrogens with zero attached hydrogens (tertiary/aromatic N) is 7. The van der Waals surface area contributed by atoms with Crippen LogP contribution in [-0.4, -0.2) is 64.1 Å². The maximum absolute atomic E-state index is 13.7. The van der Waals surface area contributed by atoms with E-state index >= 15 is 0 Å². The normalized spacial score (nSPS) is 12.2. The van der Waals surface area contributed by atoms with Crippen LogP contribution in [0.25, 0.3) is 28.1 Å². The fourth-order valence-electron chi connectivity index (χ4n) is 4.07. The van der Waals surface area contributed by atoms with Gasteiger partial charge in [-0.05, 0) is 47.2 Å². The highest BCUT2D eigenvalue weighted by Gasteiger charge is 2.29. The highest BCUT2D eigenvalue weighted by atomic mass is 32.2. The Kier molecular flexibility index (Phi) is 6.84. The monoisotopic (exact) mass is 547 g/mol. The SMILES string of the molecule is COc1ccc(Cn2nnc(-c3c(-n4cnc5ccccc54)ccnc3S(=O)(=O)CC[Si](C)(C)C)n2)cc1. The Morgan fingerprint density at radius 2 is 1.74 bits per heavy atom. The Labute approximate surface area is 222 Å². The van der Waals surface area contributed by atoms with E-state index in [1.54, 1.807) is 19.5 Å². The van der Waals surface area contributed by atoms with Gasteiger partial charge in [0.1, 0.15) is 12.1 Å². The molecule has 0 aliphatic heterocycles. The molecule has 0 spiro atoms. The molecule has 0 fully saturated rings. The molecule has 5 aromatic rings. The summed E-state index contributed by atoms with van der Waals surface area (Å²) in [5.41, 5.74) is 3.45. The molecular weight excluding hydrogens is 518 g/mol. The number of methoxy groups -OCH3 is 1. The molecule has 0 radical (unpaired) electrons. The molecule has 196 valence electrons. The summed E-state index contributed by atoms with van der Waals surface area (Å²) in [5.74, 6) is 0.948. The summed E-state index contributed by atoms with van der Waals surface area (Å²) >= 11 is 0. The van der Waals surface area contributed by atoms with Crippen LogP contribution in [0.4, 0.5) is 0 Å². The van der Waals surface area contributed by atoms with Crippen molar-refractivity contribution in [1.29, 1.82) is 0 Å². The van der Waals surface area contributed by atoms with Crippen LogP contribution in [0, 0.1) is 0 Å². The Morgan fingerprint density at radius 3 is 2.47 bits per heavy atom. The lowest BCUT2D eigenvalue weighted by molar-refractivity contribution is 0.414. The molecule has 12 heteroatoms. The minimum atomic E-state index is -3.74. The summed E-state index contributed by atoms with van der Waals surface area (Å²) in [6, 6.07) is 17.6. The molecule has 0 unspecified atom stereocenters. The smallest absolute Gasteiger partial charge is 0.209 e. The molecule has 10 nitrogen and oxygen atoms in total. The van der Waals surface area contributed by atoms with Crippen LogP contribution in [0.3, 0.4) is 0 Å². The highest BCUT2D eigenvalue weighted by molar-refractivity contribution is 7.91. The van der Waals surface area contributed by atoms with Gasteiger partial charge in [0.15, 0.2) is 14.9 Å². The van der Waals surface area contributed by atoms with Crippen LogP contribution in [0.5, 0.6) is 5.75 Å². The van der Waals surface area contributed by atoms with E-state index in [2.05, 4.69) is 45.0 Å². The van der Waals surface area contributed by atoms with E-state index in [-0.39, 0.29) is 16.6 Å². The first-order chi connectivity index (χ1) is 18.1. The van der Waals surface area contributed by atoms with Gasteiger partial charge in [-0.15, -0.1) is 10.2 Å². The van der Waals surface area contributed by atoms with Gasteiger partial charge in [0.2, 0.25) is 5.82 Å². The third kappa shape index (κ3) is 5.36. The maximum Gasteiger partial charge on any atom is 0.209 e. The maximum atomic E-state index is 13.7. The van der Waals surface area contributed by atoms with E-state index in [4.69, 9.17) is 4.74 Å². The summed E-state index contributed by atoms with van der Waals surface area (Å²) in [4.78, 5) is 10.3. The fraction of sp³-hybridized carbons (Fsp3) is 0.269. The predicted molar refractivity (Wildman–Crippen MR) is 148 cm³/mol. The Hall–Kier alpha value is -3.90. The molecule has 0 aliphatic rings. The van der Waals surface area contributed by atoms with Crippen molar-refractivity contribution < 1.29 is 13.2 Å². The predicted octanol–water partition coefficient (Wildman–Crippen LogP) is 4.24. The lowest BCUT2D eigenvalue weighted by atomic mass is 10.2. The summed E-state index contributed by atoms with van der Waals surface area (Å²) in [6.45, 7) is 6.81. The van der Waals surface area contributed by atoms with Crippen LogP contribution < -0.4 is 4.74 Å². The van der Waals surface area contributed by atoms with E-state index in [9.17, 15) is 8.42 Å².